The Kier molecular flexibility index (Phi) is 2.73. The summed E-state index contributed by atoms with van der Waals surface area (Å²) in [6.45, 7) is 2.46. The molecule has 0 N–H and O–H groups in total. The monoisotopic (exact) mass is 200 g/mol. The maximum Gasteiger partial charge on any atom is 0.174 e. The number of hydrogen-bond donors (Lipinski definition) is 0. The van der Waals surface area contributed by atoms with Gasteiger partial charge >= 0.3 is 0 Å². The number of carbonyl (C=O) groups excluding carboxylic acids is 1. The largest absolute Gasteiger partial charge is 0.493 e. The Hall–Kier alpha value is -1.75. The minimum absolute atomic E-state index is 0.0825. The van der Waals surface area contributed by atoms with Gasteiger partial charge in [-0.2, -0.15) is 0 Å². The molecule has 0 atom stereocenters. The van der Waals surface area contributed by atoms with Crippen molar-refractivity contribution in [2.45, 2.75) is 19.8 Å². The minimum Gasteiger partial charge on any atom is -0.493 e. The maximum absolute atomic E-state index is 11.7. The van der Waals surface area contributed by atoms with Gasteiger partial charge in [0.15, 0.2) is 5.78 Å². The molecule has 0 saturated carbocycles. The SMILES string of the molecule is CC#CCC(=O)c1ccc2c(c1)CCO2. The third kappa shape index (κ3) is 2.02. The Morgan fingerprint density at radius 1 is 1.53 bits per heavy atom. The highest BCUT2D eigenvalue weighted by molar-refractivity contribution is 5.97. The van der Waals surface area contributed by atoms with Crippen molar-refractivity contribution in [1.82, 2.24) is 0 Å². The summed E-state index contributed by atoms with van der Waals surface area (Å²) in [4.78, 5) is 11.7. The predicted molar refractivity (Wildman–Crippen MR) is 58.0 cm³/mol. The average molecular weight is 200 g/mol. The first-order valence-corrected chi connectivity index (χ1v) is 5.00. The molecule has 1 aromatic rings. The van der Waals surface area contributed by atoms with Gasteiger partial charge in [0.25, 0.3) is 0 Å². The fourth-order valence-corrected chi connectivity index (χ4v) is 1.63. The molecular weight excluding hydrogens is 188 g/mol. The molecule has 0 amide bonds. The number of ketones is 1. The molecule has 0 aromatic heterocycles. The van der Waals surface area contributed by atoms with Gasteiger partial charge < -0.3 is 4.74 Å². The Balaban J connectivity index is 2.21. The van der Waals surface area contributed by atoms with E-state index in [1.807, 2.05) is 18.2 Å². The van der Waals surface area contributed by atoms with E-state index in [1.165, 1.54) is 0 Å². The molecule has 1 aromatic carbocycles. The standard InChI is InChI=1S/C13H12O2/c1-2-3-4-12(14)10-5-6-13-11(9-10)7-8-15-13/h5-6,9H,4,7-8H2,1H3. The molecule has 0 radical (unpaired) electrons. The third-order valence-corrected chi connectivity index (χ3v) is 2.44. The first-order valence-electron chi connectivity index (χ1n) is 5.00. The number of ether oxygens (including phenoxy) is 1. The first kappa shape index (κ1) is 9.79. The number of rotatable bonds is 2. The Labute approximate surface area is 89.3 Å². The first-order chi connectivity index (χ1) is 7.31. The van der Waals surface area contributed by atoms with Crippen molar-refractivity contribution in [2.75, 3.05) is 6.61 Å². The van der Waals surface area contributed by atoms with Crippen molar-refractivity contribution in [2.24, 2.45) is 0 Å². The lowest BCUT2D eigenvalue weighted by Gasteiger charge is -2.01. The normalized spacial score (nSPS) is 12.3. The molecule has 0 spiro atoms. The minimum atomic E-state index is 0.0825. The quantitative estimate of drug-likeness (QED) is 0.540. The highest BCUT2D eigenvalue weighted by atomic mass is 16.5. The molecule has 15 heavy (non-hydrogen) atoms. The van der Waals surface area contributed by atoms with E-state index in [1.54, 1.807) is 6.92 Å². The molecule has 0 bridgehead atoms. The van der Waals surface area contributed by atoms with Gasteiger partial charge in [0, 0.05) is 12.0 Å². The van der Waals surface area contributed by atoms with Crippen LogP contribution in [0.3, 0.4) is 0 Å². The molecule has 0 fully saturated rings. The summed E-state index contributed by atoms with van der Waals surface area (Å²) in [6, 6.07) is 5.60. The fraction of sp³-hybridized carbons (Fsp3) is 0.308. The second-order valence-corrected chi connectivity index (χ2v) is 3.45. The van der Waals surface area contributed by atoms with Gasteiger partial charge in [-0.1, -0.05) is 5.92 Å². The second kappa shape index (κ2) is 4.18. The van der Waals surface area contributed by atoms with E-state index < -0.39 is 0 Å². The predicted octanol–water partition coefficient (Wildman–Crippen LogP) is 2.22. The van der Waals surface area contributed by atoms with Crippen LogP contribution in [0.4, 0.5) is 0 Å². The Morgan fingerprint density at radius 3 is 3.20 bits per heavy atom. The average Bonchev–Trinajstić information content (AvgIpc) is 2.72. The lowest BCUT2D eigenvalue weighted by molar-refractivity contribution is 0.0998. The molecule has 1 heterocycles. The van der Waals surface area contributed by atoms with Crippen LogP contribution in [0.1, 0.15) is 29.3 Å². The molecule has 1 aliphatic rings. The lowest BCUT2D eigenvalue weighted by Crippen LogP contribution is -1.97. The molecule has 1 aliphatic heterocycles. The van der Waals surface area contributed by atoms with Crippen LogP contribution in [-0.2, 0) is 6.42 Å². The maximum atomic E-state index is 11.7. The number of fused-ring (bicyclic) bond motifs is 1. The molecule has 2 rings (SSSR count). The van der Waals surface area contributed by atoms with Crippen LogP contribution >= 0.6 is 0 Å². The Morgan fingerprint density at radius 2 is 2.40 bits per heavy atom. The summed E-state index contributed by atoms with van der Waals surface area (Å²) in [7, 11) is 0. The van der Waals surface area contributed by atoms with E-state index in [9.17, 15) is 4.79 Å². The Bertz CT molecular complexity index is 449. The van der Waals surface area contributed by atoms with Crippen molar-refractivity contribution in [3.8, 4) is 17.6 Å². The van der Waals surface area contributed by atoms with Gasteiger partial charge in [-0.25, -0.2) is 0 Å². The van der Waals surface area contributed by atoms with E-state index in [2.05, 4.69) is 11.8 Å². The van der Waals surface area contributed by atoms with Crippen LogP contribution in [0.15, 0.2) is 18.2 Å². The van der Waals surface area contributed by atoms with Gasteiger partial charge in [0.05, 0.1) is 13.0 Å². The van der Waals surface area contributed by atoms with E-state index in [0.717, 1.165) is 29.9 Å². The van der Waals surface area contributed by atoms with Crippen LogP contribution in [0.5, 0.6) is 5.75 Å². The zero-order valence-corrected chi connectivity index (χ0v) is 8.67. The van der Waals surface area contributed by atoms with Gasteiger partial charge in [-0.3, -0.25) is 4.79 Å². The summed E-state index contributed by atoms with van der Waals surface area (Å²) in [6.07, 6.45) is 1.20. The number of benzene rings is 1. The second-order valence-electron chi connectivity index (χ2n) is 3.45. The lowest BCUT2D eigenvalue weighted by atomic mass is 10.0. The highest BCUT2D eigenvalue weighted by Gasteiger charge is 2.14. The van der Waals surface area contributed by atoms with Crippen molar-refractivity contribution in [3.05, 3.63) is 29.3 Å². The smallest absolute Gasteiger partial charge is 0.174 e. The van der Waals surface area contributed by atoms with Gasteiger partial charge in [0.1, 0.15) is 5.75 Å². The van der Waals surface area contributed by atoms with Crippen LogP contribution < -0.4 is 4.74 Å². The van der Waals surface area contributed by atoms with Gasteiger partial charge in [-0.05, 0) is 30.7 Å². The number of hydrogen-bond acceptors (Lipinski definition) is 2. The summed E-state index contributed by atoms with van der Waals surface area (Å²) in [5, 5.41) is 0. The van der Waals surface area contributed by atoms with Crippen LogP contribution in [0, 0.1) is 11.8 Å². The van der Waals surface area contributed by atoms with Crippen LogP contribution in [0.2, 0.25) is 0 Å². The third-order valence-electron chi connectivity index (χ3n) is 2.44. The fourth-order valence-electron chi connectivity index (χ4n) is 1.63. The van der Waals surface area contributed by atoms with Crippen molar-refractivity contribution < 1.29 is 9.53 Å². The summed E-state index contributed by atoms with van der Waals surface area (Å²) >= 11 is 0. The molecule has 0 saturated heterocycles. The number of Topliss-reactive ketones (excluding diaryl/α,β-unsaturated/α-hetero) is 1. The van der Waals surface area contributed by atoms with Gasteiger partial charge in [0.2, 0.25) is 0 Å². The van der Waals surface area contributed by atoms with E-state index in [4.69, 9.17) is 4.74 Å². The van der Waals surface area contributed by atoms with E-state index >= 15 is 0 Å². The van der Waals surface area contributed by atoms with Crippen molar-refractivity contribution in [3.63, 3.8) is 0 Å². The van der Waals surface area contributed by atoms with Crippen LogP contribution in [0.25, 0.3) is 0 Å². The molecular formula is C13H12O2. The van der Waals surface area contributed by atoms with Crippen molar-refractivity contribution >= 4 is 5.78 Å². The zero-order chi connectivity index (χ0) is 10.7. The molecule has 2 heteroatoms. The molecule has 2 nitrogen and oxygen atoms in total. The summed E-state index contributed by atoms with van der Waals surface area (Å²) in [5.41, 5.74) is 1.87. The zero-order valence-electron chi connectivity index (χ0n) is 8.67. The topological polar surface area (TPSA) is 26.3 Å². The van der Waals surface area contributed by atoms with Gasteiger partial charge in [-0.15, -0.1) is 5.92 Å². The summed E-state index contributed by atoms with van der Waals surface area (Å²) in [5.74, 6) is 6.50. The van der Waals surface area contributed by atoms with Crippen molar-refractivity contribution in [1.29, 1.82) is 0 Å². The molecule has 0 aliphatic carbocycles. The van der Waals surface area contributed by atoms with Crippen LogP contribution in [-0.4, -0.2) is 12.4 Å². The highest BCUT2D eigenvalue weighted by Crippen LogP contribution is 2.26. The van der Waals surface area contributed by atoms with E-state index in [0.29, 0.717) is 6.42 Å². The summed E-state index contributed by atoms with van der Waals surface area (Å²) < 4.78 is 5.38. The molecule has 0 unspecified atom stereocenters. The van der Waals surface area contributed by atoms with E-state index in [-0.39, 0.29) is 5.78 Å². The number of carbonyl (C=O) groups is 1. The molecule has 76 valence electrons.